The van der Waals surface area contributed by atoms with Crippen molar-refractivity contribution < 1.29 is 8.78 Å². The Hall–Kier alpha value is -0.840. The van der Waals surface area contributed by atoms with E-state index in [2.05, 4.69) is 11.8 Å². The SMILES string of the molecule is FC(F)=CC#CCC1CC1. The highest BCUT2D eigenvalue weighted by Crippen LogP contribution is 2.31. The maximum atomic E-state index is 11.3. The Balaban J connectivity index is 2.17. The highest BCUT2D eigenvalue weighted by atomic mass is 19.3. The molecule has 1 aliphatic carbocycles. The summed E-state index contributed by atoms with van der Waals surface area (Å²) in [5.74, 6) is 5.66. The first-order valence-electron chi connectivity index (χ1n) is 3.28. The van der Waals surface area contributed by atoms with Crippen LogP contribution in [0.2, 0.25) is 0 Å². The predicted octanol–water partition coefficient (Wildman–Crippen LogP) is 2.57. The largest absolute Gasteiger partial charge is 0.278 e. The van der Waals surface area contributed by atoms with E-state index in [1.54, 1.807) is 0 Å². The van der Waals surface area contributed by atoms with Gasteiger partial charge in [-0.1, -0.05) is 11.8 Å². The lowest BCUT2D eigenvalue weighted by Gasteiger charge is -1.77. The van der Waals surface area contributed by atoms with Gasteiger partial charge in [0.05, 0.1) is 6.08 Å². The first-order chi connectivity index (χ1) is 4.79. The van der Waals surface area contributed by atoms with E-state index in [1.807, 2.05) is 0 Å². The molecular formula is C8H8F2. The molecule has 0 nitrogen and oxygen atoms in total. The minimum Gasteiger partial charge on any atom is -0.173 e. The van der Waals surface area contributed by atoms with Gasteiger partial charge in [-0.15, -0.1) is 0 Å². The molecule has 0 atom stereocenters. The molecule has 54 valence electrons. The number of hydrogen-bond acceptors (Lipinski definition) is 0. The Morgan fingerprint density at radius 2 is 2.20 bits per heavy atom. The summed E-state index contributed by atoms with van der Waals surface area (Å²) >= 11 is 0. The molecule has 0 aromatic rings. The van der Waals surface area contributed by atoms with Gasteiger partial charge in [-0.2, -0.15) is 8.78 Å². The summed E-state index contributed by atoms with van der Waals surface area (Å²) in [6.07, 6.45) is 2.17. The van der Waals surface area contributed by atoms with E-state index in [-0.39, 0.29) is 0 Å². The zero-order valence-electron chi connectivity index (χ0n) is 5.53. The molecule has 10 heavy (non-hydrogen) atoms. The summed E-state index contributed by atoms with van der Waals surface area (Å²) < 4.78 is 22.7. The van der Waals surface area contributed by atoms with Crippen LogP contribution in [0.1, 0.15) is 19.3 Å². The van der Waals surface area contributed by atoms with Gasteiger partial charge in [-0.3, -0.25) is 0 Å². The summed E-state index contributed by atoms with van der Waals surface area (Å²) in [6, 6.07) is 0. The monoisotopic (exact) mass is 142 g/mol. The van der Waals surface area contributed by atoms with Crippen molar-refractivity contribution in [3.8, 4) is 11.8 Å². The van der Waals surface area contributed by atoms with Crippen LogP contribution in [0.15, 0.2) is 12.2 Å². The maximum Gasteiger partial charge on any atom is 0.278 e. The summed E-state index contributed by atoms with van der Waals surface area (Å²) in [5.41, 5.74) is 0. The zero-order chi connectivity index (χ0) is 7.40. The second kappa shape index (κ2) is 3.36. The molecule has 1 aliphatic rings. The Morgan fingerprint density at radius 3 is 2.70 bits per heavy atom. The minimum absolute atomic E-state index is 0.655. The second-order valence-electron chi connectivity index (χ2n) is 2.40. The Kier molecular flexibility index (Phi) is 2.44. The standard InChI is InChI=1S/C8H8F2/c9-8(10)4-2-1-3-7-5-6-7/h4,7H,3,5-6H2. The molecule has 0 aromatic carbocycles. The van der Waals surface area contributed by atoms with E-state index in [1.165, 1.54) is 12.8 Å². The average molecular weight is 142 g/mol. The second-order valence-corrected chi connectivity index (χ2v) is 2.40. The Morgan fingerprint density at radius 1 is 1.50 bits per heavy atom. The first-order valence-corrected chi connectivity index (χ1v) is 3.28. The van der Waals surface area contributed by atoms with Crippen molar-refractivity contribution in [2.24, 2.45) is 5.92 Å². The third-order valence-electron chi connectivity index (χ3n) is 1.37. The van der Waals surface area contributed by atoms with Crippen molar-refractivity contribution in [3.63, 3.8) is 0 Å². The molecule has 0 unspecified atom stereocenters. The molecule has 0 aromatic heterocycles. The van der Waals surface area contributed by atoms with Gasteiger partial charge in [0, 0.05) is 6.42 Å². The molecule has 0 radical (unpaired) electrons. The van der Waals surface area contributed by atoms with Crippen molar-refractivity contribution in [2.45, 2.75) is 19.3 Å². The van der Waals surface area contributed by atoms with Crippen LogP contribution in [-0.4, -0.2) is 0 Å². The lowest BCUT2D eigenvalue weighted by atomic mass is 10.3. The van der Waals surface area contributed by atoms with Gasteiger partial charge in [0.15, 0.2) is 0 Å². The molecule has 0 heterocycles. The van der Waals surface area contributed by atoms with Gasteiger partial charge in [-0.25, -0.2) is 0 Å². The quantitative estimate of drug-likeness (QED) is 0.493. The Bertz CT molecular complexity index is 187. The molecule has 1 saturated carbocycles. The van der Waals surface area contributed by atoms with Crippen LogP contribution in [0, 0.1) is 17.8 Å². The molecule has 0 spiro atoms. The molecular weight excluding hydrogens is 134 g/mol. The first kappa shape index (κ1) is 7.27. The predicted molar refractivity (Wildman–Crippen MR) is 35.4 cm³/mol. The van der Waals surface area contributed by atoms with Crippen molar-refractivity contribution >= 4 is 0 Å². The van der Waals surface area contributed by atoms with Gasteiger partial charge in [-0.05, 0) is 18.8 Å². The van der Waals surface area contributed by atoms with E-state index in [0.717, 1.165) is 6.42 Å². The lowest BCUT2D eigenvalue weighted by Crippen LogP contribution is -1.67. The summed E-state index contributed by atoms with van der Waals surface area (Å²) in [6.45, 7) is 0. The van der Waals surface area contributed by atoms with Gasteiger partial charge in [0.2, 0.25) is 0 Å². The van der Waals surface area contributed by atoms with E-state index < -0.39 is 6.08 Å². The smallest absolute Gasteiger partial charge is 0.173 e. The average Bonchev–Trinajstić information content (AvgIpc) is 2.62. The number of halogens is 2. The van der Waals surface area contributed by atoms with Crippen molar-refractivity contribution in [3.05, 3.63) is 12.2 Å². The fourth-order valence-electron chi connectivity index (χ4n) is 0.631. The molecule has 0 N–H and O–H groups in total. The fourth-order valence-corrected chi connectivity index (χ4v) is 0.631. The van der Waals surface area contributed by atoms with Gasteiger partial charge < -0.3 is 0 Å². The van der Waals surface area contributed by atoms with Crippen LogP contribution >= 0.6 is 0 Å². The lowest BCUT2D eigenvalue weighted by molar-refractivity contribution is 0.422. The highest BCUT2D eigenvalue weighted by Gasteiger charge is 2.19. The van der Waals surface area contributed by atoms with E-state index in [0.29, 0.717) is 12.0 Å². The molecule has 1 fully saturated rings. The van der Waals surface area contributed by atoms with Crippen LogP contribution < -0.4 is 0 Å². The summed E-state index contributed by atoms with van der Waals surface area (Å²) in [7, 11) is 0. The topological polar surface area (TPSA) is 0 Å². The van der Waals surface area contributed by atoms with Crippen LogP contribution in [-0.2, 0) is 0 Å². The third-order valence-corrected chi connectivity index (χ3v) is 1.37. The molecule has 0 saturated heterocycles. The fraction of sp³-hybridized carbons (Fsp3) is 0.500. The van der Waals surface area contributed by atoms with E-state index in [4.69, 9.17) is 0 Å². The number of allylic oxidation sites excluding steroid dienone is 1. The van der Waals surface area contributed by atoms with Gasteiger partial charge in [0.25, 0.3) is 6.08 Å². The van der Waals surface area contributed by atoms with Crippen molar-refractivity contribution in [1.82, 2.24) is 0 Å². The minimum atomic E-state index is -1.71. The number of hydrogen-bond donors (Lipinski definition) is 0. The highest BCUT2D eigenvalue weighted by molar-refractivity contribution is 5.16. The van der Waals surface area contributed by atoms with Crippen molar-refractivity contribution in [2.75, 3.05) is 0 Å². The van der Waals surface area contributed by atoms with Crippen LogP contribution in [0.5, 0.6) is 0 Å². The third kappa shape index (κ3) is 3.24. The van der Waals surface area contributed by atoms with Crippen molar-refractivity contribution in [1.29, 1.82) is 0 Å². The molecule has 2 heteroatoms. The maximum absolute atomic E-state index is 11.3. The van der Waals surface area contributed by atoms with Gasteiger partial charge in [0.1, 0.15) is 0 Å². The van der Waals surface area contributed by atoms with E-state index in [9.17, 15) is 8.78 Å². The Labute approximate surface area is 58.9 Å². The molecule has 0 bridgehead atoms. The van der Waals surface area contributed by atoms with Gasteiger partial charge >= 0.3 is 0 Å². The molecule has 0 amide bonds. The summed E-state index contributed by atoms with van der Waals surface area (Å²) in [4.78, 5) is 0. The summed E-state index contributed by atoms with van der Waals surface area (Å²) in [5, 5.41) is 0. The zero-order valence-corrected chi connectivity index (χ0v) is 5.53. The van der Waals surface area contributed by atoms with Crippen LogP contribution in [0.4, 0.5) is 8.78 Å². The van der Waals surface area contributed by atoms with Crippen LogP contribution in [0.25, 0.3) is 0 Å². The number of rotatable bonds is 1. The molecule has 1 rings (SSSR count). The van der Waals surface area contributed by atoms with Crippen LogP contribution in [0.3, 0.4) is 0 Å². The normalized spacial score (nSPS) is 15.4. The van der Waals surface area contributed by atoms with E-state index >= 15 is 0 Å². The molecule has 0 aliphatic heterocycles.